The molecule has 0 saturated carbocycles. The number of aryl methyl sites for hydroxylation is 2. The standard InChI is InChI=1S/C14H14BrNO/c1-9-3-5-13(11(15)7-9)17-14-6-4-10(2)8-12(14)16/h3-8H,16H2,1-2H3. The van der Waals surface area contributed by atoms with Crippen molar-refractivity contribution in [3.05, 3.63) is 52.0 Å². The molecule has 3 heteroatoms. The molecule has 2 N–H and O–H groups in total. The van der Waals surface area contributed by atoms with Gasteiger partial charge in [-0.25, -0.2) is 0 Å². The van der Waals surface area contributed by atoms with Crippen LogP contribution in [0.4, 0.5) is 5.69 Å². The third kappa shape index (κ3) is 2.80. The first-order chi connectivity index (χ1) is 8.06. The van der Waals surface area contributed by atoms with Crippen molar-refractivity contribution in [1.29, 1.82) is 0 Å². The van der Waals surface area contributed by atoms with Crippen LogP contribution in [0, 0.1) is 13.8 Å². The highest BCUT2D eigenvalue weighted by Crippen LogP contribution is 2.33. The molecule has 2 nitrogen and oxygen atoms in total. The van der Waals surface area contributed by atoms with Crippen molar-refractivity contribution in [3.8, 4) is 11.5 Å². The van der Waals surface area contributed by atoms with Gasteiger partial charge in [-0.3, -0.25) is 0 Å². The van der Waals surface area contributed by atoms with Gasteiger partial charge >= 0.3 is 0 Å². The number of nitrogens with two attached hydrogens (primary N) is 1. The number of hydrogen-bond acceptors (Lipinski definition) is 2. The lowest BCUT2D eigenvalue weighted by Crippen LogP contribution is -1.93. The molecule has 2 aromatic carbocycles. The molecule has 0 unspecified atom stereocenters. The molecule has 17 heavy (non-hydrogen) atoms. The van der Waals surface area contributed by atoms with Crippen LogP contribution in [0.2, 0.25) is 0 Å². The van der Waals surface area contributed by atoms with E-state index in [1.54, 1.807) is 0 Å². The molecule has 0 heterocycles. The Hall–Kier alpha value is -1.48. The van der Waals surface area contributed by atoms with Crippen LogP contribution in [-0.2, 0) is 0 Å². The van der Waals surface area contributed by atoms with Crippen molar-refractivity contribution in [1.82, 2.24) is 0 Å². The van der Waals surface area contributed by atoms with E-state index in [2.05, 4.69) is 15.9 Å². The Labute approximate surface area is 110 Å². The number of nitrogen functional groups attached to an aromatic ring is 1. The zero-order valence-electron chi connectivity index (χ0n) is 9.83. The molecule has 0 fully saturated rings. The van der Waals surface area contributed by atoms with Crippen LogP contribution in [0.5, 0.6) is 11.5 Å². The Morgan fingerprint density at radius 3 is 2.12 bits per heavy atom. The minimum Gasteiger partial charge on any atom is -0.454 e. The van der Waals surface area contributed by atoms with Gasteiger partial charge in [0, 0.05) is 0 Å². The van der Waals surface area contributed by atoms with Crippen molar-refractivity contribution < 1.29 is 4.74 Å². The summed E-state index contributed by atoms with van der Waals surface area (Å²) < 4.78 is 6.71. The summed E-state index contributed by atoms with van der Waals surface area (Å²) in [5, 5.41) is 0. The van der Waals surface area contributed by atoms with Gasteiger partial charge < -0.3 is 10.5 Å². The SMILES string of the molecule is Cc1ccc(Oc2ccc(C)cc2Br)c(N)c1. The fourth-order valence-corrected chi connectivity index (χ4v) is 2.14. The van der Waals surface area contributed by atoms with Crippen molar-refractivity contribution in [3.63, 3.8) is 0 Å². The first-order valence-electron chi connectivity index (χ1n) is 5.36. The smallest absolute Gasteiger partial charge is 0.150 e. The van der Waals surface area contributed by atoms with Crippen LogP contribution < -0.4 is 10.5 Å². The molecule has 0 aliphatic rings. The minimum absolute atomic E-state index is 0.650. The highest BCUT2D eigenvalue weighted by atomic mass is 79.9. The van der Waals surface area contributed by atoms with Crippen LogP contribution in [0.25, 0.3) is 0 Å². The number of halogens is 1. The maximum atomic E-state index is 5.91. The Kier molecular flexibility index (Phi) is 3.38. The summed E-state index contributed by atoms with van der Waals surface area (Å²) in [6, 6.07) is 11.7. The average molecular weight is 292 g/mol. The highest BCUT2D eigenvalue weighted by Gasteiger charge is 2.05. The van der Waals surface area contributed by atoms with E-state index < -0.39 is 0 Å². The molecule has 0 amide bonds. The second-order valence-corrected chi connectivity index (χ2v) is 4.93. The second kappa shape index (κ2) is 4.80. The third-order valence-electron chi connectivity index (χ3n) is 2.47. The molecule has 2 aromatic rings. The van der Waals surface area contributed by atoms with E-state index in [4.69, 9.17) is 10.5 Å². The number of ether oxygens (including phenoxy) is 1. The summed E-state index contributed by atoms with van der Waals surface area (Å²) in [5.74, 6) is 1.45. The molecule has 0 spiro atoms. The van der Waals surface area contributed by atoms with Crippen LogP contribution >= 0.6 is 15.9 Å². The van der Waals surface area contributed by atoms with Crippen LogP contribution in [0.3, 0.4) is 0 Å². The fourth-order valence-electron chi connectivity index (χ4n) is 1.57. The van der Waals surface area contributed by atoms with Gasteiger partial charge in [0.15, 0.2) is 0 Å². The number of rotatable bonds is 2. The predicted octanol–water partition coefficient (Wildman–Crippen LogP) is 4.44. The Balaban J connectivity index is 2.31. The molecule has 0 saturated heterocycles. The van der Waals surface area contributed by atoms with Gasteiger partial charge in [-0.1, -0.05) is 12.1 Å². The molecular weight excluding hydrogens is 278 g/mol. The van der Waals surface area contributed by atoms with Gasteiger partial charge in [0.05, 0.1) is 10.2 Å². The predicted molar refractivity (Wildman–Crippen MR) is 74.5 cm³/mol. The molecular formula is C14H14BrNO. The lowest BCUT2D eigenvalue weighted by Gasteiger charge is -2.10. The summed E-state index contributed by atoms with van der Waals surface area (Å²) in [6.45, 7) is 4.04. The van der Waals surface area contributed by atoms with Crippen molar-refractivity contribution in [2.24, 2.45) is 0 Å². The topological polar surface area (TPSA) is 35.2 Å². The molecule has 88 valence electrons. The molecule has 0 atom stereocenters. The van der Waals surface area contributed by atoms with E-state index in [0.717, 1.165) is 15.8 Å². The normalized spacial score (nSPS) is 10.3. The maximum Gasteiger partial charge on any atom is 0.150 e. The Morgan fingerprint density at radius 2 is 1.53 bits per heavy atom. The quantitative estimate of drug-likeness (QED) is 0.830. The van der Waals surface area contributed by atoms with Gasteiger partial charge in [0.1, 0.15) is 11.5 Å². The lowest BCUT2D eigenvalue weighted by atomic mass is 10.2. The summed E-state index contributed by atoms with van der Waals surface area (Å²) in [4.78, 5) is 0. The molecule has 0 aromatic heterocycles. The summed E-state index contributed by atoms with van der Waals surface area (Å²) in [5.41, 5.74) is 8.86. The third-order valence-corrected chi connectivity index (χ3v) is 3.09. The zero-order chi connectivity index (χ0) is 12.4. The first kappa shape index (κ1) is 12.0. The highest BCUT2D eigenvalue weighted by molar-refractivity contribution is 9.10. The van der Waals surface area contributed by atoms with Gasteiger partial charge in [-0.2, -0.15) is 0 Å². The average Bonchev–Trinajstić information content (AvgIpc) is 2.25. The van der Waals surface area contributed by atoms with Crippen molar-refractivity contribution in [2.75, 3.05) is 5.73 Å². The zero-order valence-corrected chi connectivity index (χ0v) is 11.4. The second-order valence-electron chi connectivity index (χ2n) is 4.08. The van der Waals surface area contributed by atoms with Crippen LogP contribution in [0.15, 0.2) is 40.9 Å². The van der Waals surface area contributed by atoms with Crippen molar-refractivity contribution in [2.45, 2.75) is 13.8 Å². The van der Waals surface area contributed by atoms with E-state index in [1.807, 2.05) is 50.2 Å². The molecule has 0 radical (unpaired) electrons. The number of anilines is 1. The molecule has 0 bridgehead atoms. The summed E-state index contributed by atoms with van der Waals surface area (Å²) >= 11 is 3.48. The first-order valence-corrected chi connectivity index (χ1v) is 6.15. The minimum atomic E-state index is 0.650. The molecule has 0 aliphatic heterocycles. The van der Waals surface area contributed by atoms with Crippen LogP contribution in [-0.4, -0.2) is 0 Å². The summed E-state index contributed by atoms with van der Waals surface area (Å²) in [6.07, 6.45) is 0. The van der Waals surface area contributed by atoms with Gasteiger partial charge in [0.2, 0.25) is 0 Å². The largest absolute Gasteiger partial charge is 0.454 e. The van der Waals surface area contributed by atoms with Gasteiger partial charge in [-0.05, 0) is 65.2 Å². The monoisotopic (exact) mass is 291 g/mol. The fraction of sp³-hybridized carbons (Fsp3) is 0.143. The van der Waals surface area contributed by atoms with Gasteiger partial charge in [-0.15, -0.1) is 0 Å². The lowest BCUT2D eigenvalue weighted by molar-refractivity contribution is 0.482. The van der Waals surface area contributed by atoms with Crippen molar-refractivity contribution >= 4 is 21.6 Å². The molecule has 2 rings (SSSR count). The number of hydrogen-bond donors (Lipinski definition) is 1. The Bertz CT molecular complexity index is 502. The van der Waals surface area contributed by atoms with E-state index in [0.29, 0.717) is 11.4 Å². The Morgan fingerprint density at radius 1 is 0.941 bits per heavy atom. The summed E-state index contributed by atoms with van der Waals surface area (Å²) in [7, 11) is 0. The van der Waals surface area contributed by atoms with E-state index in [9.17, 15) is 0 Å². The maximum absolute atomic E-state index is 5.91. The molecule has 0 aliphatic carbocycles. The van der Waals surface area contributed by atoms with E-state index >= 15 is 0 Å². The number of benzene rings is 2. The van der Waals surface area contributed by atoms with E-state index in [1.165, 1.54) is 5.56 Å². The van der Waals surface area contributed by atoms with Crippen LogP contribution in [0.1, 0.15) is 11.1 Å². The van der Waals surface area contributed by atoms with E-state index in [-0.39, 0.29) is 0 Å². The van der Waals surface area contributed by atoms with Gasteiger partial charge in [0.25, 0.3) is 0 Å².